The van der Waals surface area contributed by atoms with E-state index < -0.39 is 6.09 Å². The van der Waals surface area contributed by atoms with Gasteiger partial charge in [-0.25, -0.2) is 4.79 Å². The van der Waals surface area contributed by atoms with Crippen LogP contribution in [0.15, 0.2) is 36.5 Å². The van der Waals surface area contributed by atoms with Gasteiger partial charge in [-0.2, -0.15) is 4.57 Å². The first-order chi connectivity index (χ1) is 8.22. The first kappa shape index (κ1) is 11.4. The van der Waals surface area contributed by atoms with Gasteiger partial charge in [-0.1, -0.05) is 6.07 Å². The van der Waals surface area contributed by atoms with E-state index in [2.05, 4.69) is 5.32 Å². The van der Waals surface area contributed by atoms with Gasteiger partial charge in [0.25, 0.3) is 5.52 Å². The van der Waals surface area contributed by atoms with E-state index in [-0.39, 0.29) is 0 Å². The summed E-state index contributed by atoms with van der Waals surface area (Å²) in [6, 6.07) is 9.59. The van der Waals surface area contributed by atoms with Crippen LogP contribution in [-0.4, -0.2) is 12.6 Å². The molecule has 0 fully saturated rings. The summed E-state index contributed by atoms with van der Waals surface area (Å²) in [5, 5.41) is 3.65. The van der Waals surface area contributed by atoms with Crippen molar-refractivity contribution in [3.05, 3.63) is 36.5 Å². The standard InChI is InChI=1S/C13H14N2O2/c1-3-14-13(16)17-11-8-4-6-10-7-5-9-15(2)12(10)11/h4-9H,3H2,1-2H3/p+1. The number of aryl methyl sites for hydroxylation is 1. The molecule has 4 heteroatoms. The number of aromatic nitrogens is 1. The first-order valence-corrected chi connectivity index (χ1v) is 5.55. The molecule has 0 aliphatic heterocycles. The number of pyridine rings is 1. The van der Waals surface area contributed by atoms with Crippen molar-refractivity contribution in [2.75, 3.05) is 6.54 Å². The Morgan fingerprint density at radius 2 is 2.12 bits per heavy atom. The van der Waals surface area contributed by atoms with Crippen LogP contribution in [0.4, 0.5) is 4.79 Å². The molecular formula is C13H15N2O2+. The van der Waals surface area contributed by atoms with Crippen LogP contribution in [-0.2, 0) is 7.05 Å². The number of carbonyl (C=O) groups is 1. The first-order valence-electron chi connectivity index (χ1n) is 5.55. The summed E-state index contributed by atoms with van der Waals surface area (Å²) >= 11 is 0. The predicted molar refractivity (Wildman–Crippen MR) is 64.8 cm³/mol. The molecule has 1 aromatic heterocycles. The SMILES string of the molecule is CCNC(=O)Oc1cccc2ccc[n+](C)c12. The number of amides is 1. The number of hydrogen-bond acceptors (Lipinski definition) is 2. The molecule has 0 atom stereocenters. The van der Waals surface area contributed by atoms with E-state index in [9.17, 15) is 4.79 Å². The summed E-state index contributed by atoms with van der Waals surface area (Å²) in [6.45, 7) is 2.40. The normalized spacial score (nSPS) is 10.2. The fraction of sp³-hybridized carbons (Fsp3) is 0.231. The molecule has 0 spiro atoms. The van der Waals surface area contributed by atoms with Crippen LogP contribution in [0.25, 0.3) is 10.9 Å². The number of benzene rings is 1. The summed E-state index contributed by atoms with van der Waals surface area (Å²) in [5.41, 5.74) is 0.904. The number of hydrogen-bond donors (Lipinski definition) is 1. The van der Waals surface area contributed by atoms with E-state index >= 15 is 0 Å². The molecule has 2 rings (SSSR count). The highest BCUT2D eigenvalue weighted by molar-refractivity contribution is 5.84. The van der Waals surface area contributed by atoms with Crippen molar-refractivity contribution in [3.8, 4) is 5.75 Å². The van der Waals surface area contributed by atoms with Crippen LogP contribution in [0.3, 0.4) is 0 Å². The van der Waals surface area contributed by atoms with Crippen LogP contribution in [0.2, 0.25) is 0 Å². The van der Waals surface area contributed by atoms with Gasteiger partial charge < -0.3 is 10.1 Å². The molecule has 88 valence electrons. The fourth-order valence-corrected chi connectivity index (χ4v) is 1.76. The molecule has 0 radical (unpaired) electrons. The smallest absolute Gasteiger partial charge is 0.403 e. The van der Waals surface area contributed by atoms with Crippen LogP contribution < -0.4 is 14.6 Å². The van der Waals surface area contributed by atoms with Gasteiger partial charge in [0.15, 0.2) is 6.20 Å². The van der Waals surface area contributed by atoms with Crippen LogP contribution in [0, 0.1) is 0 Å². The molecule has 4 nitrogen and oxygen atoms in total. The second kappa shape index (κ2) is 4.82. The maximum Gasteiger partial charge on any atom is 0.412 e. The predicted octanol–water partition coefficient (Wildman–Crippen LogP) is 1.77. The second-order valence-corrected chi connectivity index (χ2v) is 3.73. The highest BCUT2D eigenvalue weighted by atomic mass is 16.6. The quantitative estimate of drug-likeness (QED) is 0.800. The van der Waals surface area contributed by atoms with E-state index in [0.29, 0.717) is 12.3 Å². The van der Waals surface area contributed by atoms with Gasteiger partial charge in [-0.3, -0.25) is 0 Å². The lowest BCUT2D eigenvalue weighted by atomic mass is 10.2. The van der Waals surface area contributed by atoms with E-state index in [0.717, 1.165) is 10.9 Å². The Morgan fingerprint density at radius 1 is 1.35 bits per heavy atom. The Bertz CT molecular complexity index is 547. The zero-order chi connectivity index (χ0) is 12.3. The summed E-state index contributed by atoms with van der Waals surface area (Å²) in [4.78, 5) is 11.4. The van der Waals surface area contributed by atoms with Crippen molar-refractivity contribution < 1.29 is 14.1 Å². The summed E-state index contributed by atoms with van der Waals surface area (Å²) in [7, 11) is 1.92. The third-order valence-corrected chi connectivity index (χ3v) is 2.49. The Morgan fingerprint density at radius 3 is 2.88 bits per heavy atom. The van der Waals surface area contributed by atoms with E-state index in [1.165, 1.54) is 0 Å². The maximum atomic E-state index is 11.4. The average Bonchev–Trinajstić information content (AvgIpc) is 2.29. The zero-order valence-corrected chi connectivity index (χ0v) is 9.93. The van der Waals surface area contributed by atoms with Gasteiger partial charge >= 0.3 is 6.09 Å². The van der Waals surface area contributed by atoms with Gasteiger partial charge in [0, 0.05) is 12.6 Å². The lowest BCUT2D eigenvalue weighted by Crippen LogP contribution is -2.31. The van der Waals surface area contributed by atoms with E-state index in [1.807, 2.05) is 49.0 Å². The van der Waals surface area contributed by atoms with Crippen LogP contribution >= 0.6 is 0 Å². The van der Waals surface area contributed by atoms with Gasteiger partial charge in [-0.15, -0.1) is 0 Å². The highest BCUT2D eigenvalue weighted by Crippen LogP contribution is 2.21. The third-order valence-electron chi connectivity index (χ3n) is 2.49. The Labute approximate surface area is 99.8 Å². The van der Waals surface area contributed by atoms with E-state index in [4.69, 9.17) is 4.74 Å². The molecule has 0 unspecified atom stereocenters. The van der Waals surface area contributed by atoms with Crippen molar-refractivity contribution >= 4 is 17.0 Å². The number of nitrogens with zero attached hydrogens (tertiary/aromatic N) is 1. The minimum Gasteiger partial charge on any atom is -0.403 e. The number of ether oxygens (including phenoxy) is 1. The number of nitrogens with one attached hydrogen (secondary N) is 1. The number of para-hydroxylation sites is 1. The molecule has 0 aliphatic carbocycles. The lowest BCUT2D eigenvalue weighted by molar-refractivity contribution is -0.645. The van der Waals surface area contributed by atoms with E-state index in [1.54, 1.807) is 6.07 Å². The zero-order valence-electron chi connectivity index (χ0n) is 9.93. The number of rotatable bonds is 2. The Kier molecular flexibility index (Phi) is 3.23. The summed E-state index contributed by atoms with van der Waals surface area (Å²) < 4.78 is 7.21. The molecule has 1 amide bonds. The second-order valence-electron chi connectivity index (χ2n) is 3.73. The monoisotopic (exact) mass is 231 g/mol. The van der Waals surface area contributed by atoms with Crippen molar-refractivity contribution in [1.29, 1.82) is 0 Å². The van der Waals surface area contributed by atoms with Gasteiger partial charge in [0.2, 0.25) is 5.75 Å². The van der Waals surface area contributed by atoms with Crippen molar-refractivity contribution in [3.63, 3.8) is 0 Å². The fourth-order valence-electron chi connectivity index (χ4n) is 1.76. The average molecular weight is 231 g/mol. The molecule has 1 heterocycles. The van der Waals surface area contributed by atoms with Gasteiger partial charge in [-0.05, 0) is 25.1 Å². The molecule has 1 N–H and O–H groups in total. The lowest BCUT2D eigenvalue weighted by Gasteiger charge is -2.05. The minimum absolute atomic E-state index is 0.427. The Balaban J connectivity index is 2.43. The molecule has 2 aromatic rings. The molecule has 17 heavy (non-hydrogen) atoms. The number of fused-ring (bicyclic) bond motifs is 1. The molecular weight excluding hydrogens is 216 g/mol. The van der Waals surface area contributed by atoms with Crippen molar-refractivity contribution in [1.82, 2.24) is 5.32 Å². The minimum atomic E-state index is -0.427. The maximum absolute atomic E-state index is 11.4. The van der Waals surface area contributed by atoms with Gasteiger partial charge in [0.05, 0.1) is 5.39 Å². The number of carbonyl (C=O) groups excluding carboxylic acids is 1. The third kappa shape index (κ3) is 2.36. The molecule has 0 bridgehead atoms. The molecule has 0 saturated heterocycles. The molecule has 1 aromatic carbocycles. The molecule has 0 aliphatic rings. The summed E-state index contributed by atoms with van der Waals surface area (Å²) in [5.74, 6) is 0.566. The van der Waals surface area contributed by atoms with Crippen LogP contribution in [0.1, 0.15) is 6.92 Å². The highest BCUT2D eigenvalue weighted by Gasteiger charge is 2.14. The van der Waals surface area contributed by atoms with Crippen molar-refractivity contribution in [2.24, 2.45) is 7.05 Å². The largest absolute Gasteiger partial charge is 0.412 e. The summed E-state index contributed by atoms with van der Waals surface area (Å²) in [6.07, 6.45) is 1.50. The van der Waals surface area contributed by atoms with Crippen LogP contribution in [0.5, 0.6) is 5.75 Å². The topological polar surface area (TPSA) is 42.2 Å². The molecule has 0 saturated carbocycles. The van der Waals surface area contributed by atoms with Gasteiger partial charge in [0.1, 0.15) is 7.05 Å². The Hall–Kier alpha value is -2.10. The van der Waals surface area contributed by atoms with Crippen molar-refractivity contribution in [2.45, 2.75) is 6.92 Å².